The van der Waals surface area contributed by atoms with Crippen molar-refractivity contribution in [1.29, 1.82) is 0 Å². The van der Waals surface area contributed by atoms with Crippen molar-refractivity contribution in [3.8, 4) is 0 Å². The Bertz CT molecular complexity index is 388. The van der Waals surface area contributed by atoms with Crippen molar-refractivity contribution >= 4 is 17.2 Å². The number of aryl methyl sites for hydroxylation is 1. The molecule has 1 saturated heterocycles. The molecular weight excluding hydrogens is 200 g/mol. The molecule has 0 saturated carbocycles. The lowest BCUT2D eigenvalue weighted by atomic mass is 10.2. The second-order valence-corrected chi connectivity index (χ2v) is 4.12. The number of rotatable bonds is 1. The summed E-state index contributed by atoms with van der Waals surface area (Å²) in [7, 11) is 1.87. The first-order valence-electron chi connectivity index (χ1n) is 4.57. The molecule has 1 aliphatic heterocycles. The lowest BCUT2D eigenvalue weighted by Gasteiger charge is -2.01. The van der Waals surface area contributed by atoms with Gasteiger partial charge in [-0.3, -0.25) is 4.79 Å². The molecule has 1 aromatic rings. The van der Waals surface area contributed by atoms with E-state index in [0.29, 0.717) is 6.61 Å². The average Bonchev–Trinajstić information content (AvgIpc) is 2.77. The van der Waals surface area contributed by atoms with Crippen LogP contribution in [-0.4, -0.2) is 23.2 Å². The molecule has 14 heavy (non-hydrogen) atoms. The third-order valence-electron chi connectivity index (χ3n) is 2.17. The smallest absolute Gasteiger partial charge is 0.277 e. The van der Waals surface area contributed by atoms with Gasteiger partial charge >= 0.3 is 0 Å². The van der Waals surface area contributed by atoms with Gasteiger partial charge in [-0.25, -0.2) is 0 Å². The van der Waals surface area contributed by atoms with Gasteiger partial charge in [-0.15, -0.1) is 11.3 Å². The number of hydrogen-bond donors (Lipinski definition) is 0. The van der Waals surface area contributed by atoms with Crippen molar-refractivity contribution in [3.63, 3.8) is 0 Å². The molecule has 0 spiro atoms. The van der Waals surface area contributed by atoms with Crippen LogP contribution in [0.4, 0.5) is 0 Å². The number of aromatic nitrogens is 1. The molecule has 0 bridgehead atoms. The van der Waals surface area contributed by atoms with Gasteiger partial charge < -0.3 is 9.30 Å². The van der Waals surface area contributed by atoms with Crippen LogP contribution in [0, 0.1) is 0 Å². The first-order valence-corrected chi connectivity index (χ1v) is 5.45. The highest BCUT2D eigenvalue weighted by Gasteiger charge is 2.22. The van der Waals surface area contributed by atoms with E-state index in [1.54, 1.807) is 0 Å². The number of carbonyl (C=O) groups excluding carboxylic acids is 1. The van der Waals surface area contributed by atoms with E-state index in [2.05, 4.69) is 4.99 Å². The van der Waals surface area contributed by atoms with Gasteiger partial charge in [-0.1, -0.05) is 0 Å². The van der Waals surface area contributed by atoms with Crippen LogP contribution >= 0.6 is 11.3 Å². The standard InChI is InChI=1S/C9H12N2O2S/c1-11-4-6-14-9(11)10-8(12)7-3-2-5-13-7/h4,6-7H,2-3,5H2,1H3. The fourth-order valence-corrected chi connectivity index (χ4v) is 2.11. The quantitative estimate of drug-likeness (QED) is 0.687. The molecule has 1 fully saturated rings. The number of carbonyl (C=O) groups is 1. The summed E-state index contributed by atoms with van der Waals surface area (Å²) in [5.41, 5.74) is 0. The molecule has 2 rings (SSSR count). The van der Waals surface area contributed by atoms with Gasteiger partial charge in [0.05, 0.1) is 0 Å². The van der Waals surface area contributed by atoms with Gasteiger partial charge in [0, 0.05) is 25.2 Å². The van der Waals surface area contributed by atoms with E-state index in [1.165, 1.54) is 11.3 Å². The Morgan fingerprint density at radius 2 is 2.64 bits per heavy atom. The van der Waals surface area contributed by atoms with Crippen LogP contribution in [0.25, 0.3) is 0 Å². The molecule has 5 heteroatoms. The van der Waals surface area contributed by atoms with Crippen molar-refractivity contribution < 1.29 is 9.53 Å². The maximum absolute atomic E-state index is 11.6. The van der Waals surface area contributed by atoms with E-state index in [9.17, 15) is 4.79 Å². The summed E-state index contributed by atoms with van der Waals surface area (Å²) in [5.74, 6) is -0.152. The SMILES string of the molecule is Cn1ccsc1=NC(=O)C1CCCO1. The maximum atomic E-state index is 11.6. The zero-order valence-corrected chi connectivity index (χ0v) is 8.79. The first kappa shape index (κ1) is 9.61. The highest BCUT2D eigenvalue weighted by molar-refractivity contribution is 7.07. The number of amides is 1. The predicted molar refractivity (Wildman–Crippen MR) is 52.8 cm³/mol. The Balaban J connectivity index is 2.17. The first-order chi connectivity index (χ1) is 6.77. The fourth-order valence-electron chi connectivity index (χ4n) is 1.37. The van der Waals surface area contributed by atoms with Gasteiger partial charge in [0.15, 0.2) is 4.80 Å². The third-order valence-corrected chi connectivity index (χ3v) is 3.02. The molecule has 0 N–H and O–H groups in total. The molecule has 1 aliphatic rings. The van der Waals surface area contributed by atoms with Crippen LogP contribution in [0.2, 0.25) is 0 Å². The Kier molecular flexibility index (Phi) is 2.79. The summed E-state index contributed by atoms with van der Waals surface area (Å²) in [5, 5.41) is 1.90. The zero-order chi connectivity index (χ0) is 9.97. The van der Waals surface area contributed by atoms with Gasteiger partial charge in [0.2, 0.25) is 0 Å². The molecule has 0 radical (unpaired) electrons. The summed E-state index contributed by atoms with van der Waals surface area (Å²) < 4.78 is 7.09. The maximum Gasteiger partial charge on any atom is 0.277 e. The molecule has 4 nitrogen and oxygen atoms in total. The molecule has 1 aromatic heterocycles. The summed E-state index contributed by atoms with van der Waals surface area (Å²) in [6.45, 7) is 0.683. The highest BCUT2D eigenvalue weighted by atomic mass is 32.1. The zero-order valence-electron chi connectivity index (χ0n) is 7.97. The summed E-state index contributed by atoms with van der Waals surface area (Å²) in [4.78, 5) is 16.3. The molecular formula is C9H12N2O2S. The fraction of sp³-hybridized carbons (Fsp3) is 0.556. The third kappa shape index (κ3) is 1.93. The van der Waals surface area contributed by atoms with Crippen molar-refractivity contribution in [3.05, 3.63) is 16.4 Å². The van der Waals surface area contributed by atoms with Gasteiger partial charge in [-0.2, -0.15) is 4.99 Å². The number of nitrogens with zero attached hydrogens (tertiary/aromatic N) is 2. The summed E-state index contributed by atoms with van der Waals surface area (Å²) in [6, 6.07) is 0. The minimum atomic E-state index is -0.308. The Morgan fingerprint density at radius 3 is 3.21 bits per heavy atom. The van der Waals surface area contributed by atoms with Gasteiger partial charge in [0.1, 0.15) is 6.10 Å². The Labute approximate surface area is 85.9 Å². The van der Waals surface area contributed by atoms with Crippen LogP contribution in [-0.2, 0) is 16.6 Å². The second-order valence-electron chi connectivity index (χ2n) is 3.25. The highest BCUT2D eigenvalue weighted by Crippen LogP contribution is 2.12. The normalized spacial score (nSPS) is 22.9. The van der Waals surface area contributed by atoms with Crippen molar-refractivity contribution in [2.24, 2.45) is 12.0 Å². The molecule has 76 valence electrons. The molecule has 0 aromatic carbocycles. The van der Waals surface area contributed by atoms with E-state index >= 15 is 0 Å². The largest absolute Gasteiger partial charge is 0.368 e. The van der Waals surface area contributed by atoms with E-state index in [-0.39, 0.29) is 12.0 Å². The van der Waals surface area contributed by atoms with Crippen molar-refractivity contribution in [2.75, 3.05) is 6.61 Å². The van der Waals surface area contributed by atoms with Crippen LogP contribution in [0.3, 0.4) is 0 Å². The summed E-state index contributed by atoms with van der Waals surface area (Å²) in [6.07, 6.45) is 3.34. The number of thiazole rings is 1. The molecule has 1 unspecified atom stereocenters. The van der Waals surface area contributed by atoms with E-state index in [1.807, 2.05) is 23.2 Å². The minimum absolute atomic E-state index is 0.152. The topological polar surface area (TPSA) is 43.6 Å². The molecule has 1 amide bonds. The number of hydrogen-bond acceptors (Lipinski definition) is 3. The minimum Gasteiger partial charge on any atom is -0.368 e. The Morgan fingerprint density at radius 1 is 1.79 bits per heavy atom. The van der Waals surface area contributed by atoms with Crippen LogP contribution in [0.1, 0.15) is 12.8 Å². The van der Waals surface area contributed by atoms with E-state index in [0.717, 1.165) is 17.6 Å². The van der Waals surface area contributed by atoms with Crippen molar-refractivity contribution in [1.82, 2.24) is 4.57 Å². The van der Waals surface area contributed by atoms with Crippen molar-refractivity contribution in [2.45, 2.75) is 18.9 Å². The van der Waals surface area contributed by atoms with Crippen LogP contribution < -0.4 is 4.80 Å². The number of ether oxygens (including phenoxy) is 1. The molecule has 1 atom stereocenters. The monoisotopic (exact) mass is 212 g/mol. The lowest BCUT2D eigenvalue weighted by molar-refractivity contribution is -0.126. The Hall–Kier alpha value is -0.940. The lowest BCUT2D eigenvalue weighted by Crippen LogP contribution is -2.21. The van der Waals surface area contributed by atoms with Gasteiger partial charge in [0.25, 0.3) is 5.91 Å². The van der Waals surface area contributed by atoms with E-state index in [4.69, 9.17) is 4.74 Å². The van der Waals surface area contributed by atoms with Crippen LogP contribution in [0.15, 0.2) is 16.6 Å². The summed E-state index contributed by atoms with van der Waals surface area (Å²) >= 11 is 1.46. The molecule has 0 aliphatic carbocycles. The second kappa shape index (κ2) is 4.06. The van der Waals surface area contributed by atoms with Crippen LogP contribution in [0.5, 0.6) is 0 Å². The average molecular weight is 212 g/mol. The van der Waals surface area contributed by atoms with E-state index < -0.39 is 0 Å². The van der Waals surface area contributed by atoms with Gasteiger partial charge in [-0.05, 0) is 12.8 Å². The molecule has 2 heterocycles. The predicted octanol–water partition coefficient (Wildman–Crippen LogP) is 0.693.